The van der Waals surface area contributed by atoms with Gasteiger partial charge in [0, 0.05) is 0 Å². The molecule has 0 aromatic heterocycles. The zero-order valence-electron chi connectivity index (χ0n) is 10.1. The molecule has 0 aliphatic heterocycles. The molecule has 4 fully saturated rings. The molecule has 0 spiro atoms. The van der Waals surface area contributed by atoms with E-state index in [1.807, 2.05) is 0 Å². The lowest BCUT2D eigenvalue weighted by Gasteiger charge is -2.55. The topological polar surface area (TPSA) is 55.8 Å². The summed E-state index contributed by atoms with van der Waals surface area (Å²) in [5.74, 6) is 2.27. The van der Waals surface area contributed by atoms with Gasteiger partial charge in [0.1, 0.15) is 12.2 Å². The lowest BCUT2D eigenvalue weighted by molar-refractivity contribution is -0.142. The molecule has 4 heteroatoms. The standard InChI is InChI=1S/C13H20O4/c14-1-2-16-12(15)17-13-6-9-3-10(7-13)5-11(4-9)8-13/h9-11,14H,1-8H2. The van der Waals surface area contributed by atoms with Crippen LogP contribution in [0.3, 0.4) is 0 Å². The smallest absolute Gasteiger partial charge is 0.432 e. The third-order valence-corrected chi connectivity index (χ3v) is 4.59. The van der Waals surface area contributed by atoms with E-state index in [0.29, 0.717) is 0 Å². The first kappa shape index (κ1) is 11.3. The predicted molar refractivity (Wildman–Crippen MR) is 60.4 cm³/mol. The molecule has 0 radical (unpaired) electrons. The predicted octanol–water partition coefficient (Wildman–Crippen LogP) is 2.10. The molecule has 4 aliphatic rings. The van der Waals surface area contributed by atoms with Crippen LogP contribution in [0.25, 0.3) is 0 Å². The maximum absolute atomic E-state index is 11.5. The SMILES string of the molecule is O=C(OCCO)OC12CC3CC(CC(C3)C1)C2. The van der Waals surface area contributed by atoms with Crippen molar-refractivity contribution in [3.05, 3.63) is 0 Å². The number of aliphatic hydroxyl groups excluding tert-OH is 1. The van der Waals surface area contributed by atoms with Gasteiger partial charge in [0.05, 0.1) is 6.61 Å². The van der Waals surface area contributed by atoms with Crippen LogP contribution in [0.4, 0.5) is 4.79 Å². The van der Waals surface area contributed by atoms with Gasteiger partial charge in [-0.15, -0.1) is 0 Å². The van der Waals surface area contributed by atoms with E-state index in [4.69, 9.17) is 14.6 Å². The molecule has 0 heterocycles. The monoisotopic (exact) mass is 240 g/mol. The van der Waals surface area contributed by atoms with Crippen LogP contribution in [0, 0.1) is 17.8 Å². The largest absolute Gasteiger partial charge is 0.508 e. The molecule has 0 unspecified atom stereocenters. The fourth-order valence-corrected chi connectivity index (χ4v) is 4.49. The Labute approximate surface area is 101 Å². The highest BCUT2D eigenvalue weighted by atomic mass is 16.7. The van der Waals surface area contributed by atoms with Gasteiger partial charge >= 0.3 is 6.16 Å². The van der Waals surface area contributed by atoms with Gasteiger partial charge in [-0.05, 0) is 56.3 Å². The molecule has 0 aromatic carbocycles. The van der Waals surface area contributed by atoms with Crippen LogP contribution in [0.5, 0.6) is 0 Å². The van der Waals surface area contributed by atoms with Crippen molar-refractivity contribution < 1.29 is 19.4 Å². The van der Waals surface area contributed by atoms with Crippen LogP contribution in [-0.4, -0.2) is 30.1 Å². The first-order chi connectivity index (χ1) is 8.19. The quantitative estimate of drug-likeness (QED) is 0.767. The second kappa shape index (κ2) is 4.16. The molecule has 4 aliphatic carbocycles. The summed E-state index contributed by atoms with van der Waals surface area (Å²) in [7, 11) is 0. The summed E-state index contributed by atoms with van der Waals surface area (Å²) in [6.07, 6.45) is 6.45. The van der Waals surface area contributed by atoms with E-state index in [-0.39, 0.29) is 18.8 Å². The lowest BCUT2D eigenvalue weighted by Crippen LogP contribution is -2.52. The molecule has 0 saturated heterocycles. The fraction of sp³-hybridized carbons (Fsp3) is 0.923. The molecular weight excluding hydrogens is 220 g/mol. The highest BCUT2D eigenvalue weighted by molar-refractivity contribution is 5.60. The van der Waals surface area contributed by atoms with Crippen LogP contribution in [-0.2, 0) is 9.47 Å². The van der Waals surface area contributed by atoms with Crippen molar-refractivity contribution >= 4 is 6.16 Å². The number of hydrogen-bond acceptors (Lipinski definition) is 4. The second-order valence-corrected chi connectivity index (χ2v) is 6.02. The van der Waals surface area contributed by atoms with Crippen LogP contribution < -0.4 is 0 Å². The molecule has 4 saturated carbocycles. The Bertz CT molecular complexity index is 277. The highest BCUT2D eigenvalue weighted by Gasteiger charge is 2.53. The Morgan fingerprint density at radius 1 is 1.12 bits per heavy atom. The Balaban J connectivity index is 1.64. The van der Waals surface area contributed by atoms with Gasteiger partial charge < -0.3 is 14.6 Å². The molecule has 96 valence electrons. The Hall–Kier alpha value is -0.770. The molecule has 1 N–H and O–H groups in total. The normalized spacial score (nSPS) is 42.5. The Morgan fingerprint density at radius 3 is 2.12 bits per heavy atom. The number of carbonyl (C=O) groups excluding carboxylic acids is 1. The van der Waals surface area contributed by atoms with Gasteiger partial charge in [-0.2, -0.15) is 0 Å². The number of rotatable bonds is 3. The average molecular weight is 240 g/mol. The first-order valence-corrected chi connectivity index (χ1v) is 6.66. The number of ether oxygens (including phenoxy) is 2. The number of aliphatic hydroxyl groups is 1. The molecule has 4 bridgehead atoms. The third kappa shape index (κ3) is 2.15. The third-order valence-electron chi connectivity index (χ3n) is 4.59. The van der Waals surface area contributed by atoms with Crippen molar-refractivity contribution in [2.24, 2.45) is 17.8 Å². The van der Waals surface area contributed by atoms with E-state index >= 15 is 0 Å². The molecule has 17 heavy (non-hydrogen) atoms. The lowest BCUT2D eigenvalue weighted by atomic mass is 9.54. The number of carbonyl (C=O) groups is 1. The van der Waals surface area contributed by atoms with Gasteiger partial charge in [0.25, 0.3) is 0 Å². The minimum atomic E-state index is -0.596. The fourth-order valence-electron chi connectivity index (χ4n) is 4.49. The molecular formula is C13H20O4. The molecule has 0 atom stereocenters. The van der Waals surface area contributed by atoms with E-state index in [0.717, 1.165) is 37.0 Å². The van der Waals surface area contributed by atoms with E-state index in [1.54, 1.807) is 0 Å². The van der Waals surface area contributed by atoms with E-state index in [2.05, 4.69) is 0 Å². The summed E-state index contributed by atoms with van der Waals surface area (Å²) in [5.41, 5.74) is -0.235. The van der Waals surface area contributed by atoms with Crippen LogP contribution in [0.15, 0.2) is 0 Å². The average Bonchev–Trinajstić information content (AvgIpc) is 2.23. The van der Waals surface area contributed by atoms with E-state index in [1.165, 1.54) is 19.3 Å². The van der Waals surface area contributed by atoms with Gasteiger partial charge in [-0.25, -0.2) is 4.79 Å². The zero-order valence-corrected chi connectivity index (χ0v) is 10.1. The van der Waals surface area contributed by atoms with Crippen molar-refractivity contribution in [2.75, 3.05) is 13.2 Å². The summed E-state index contributed by atoms with van der Waals surface area (Å²) in [4.78, 5) is 11.5. The van der Waals surface area contributed by atoms with Gasteiger partial charge in [0.2, 0.25) is 0 Å². The summed E-state index contributed by atoms with van der Waals surface area (Å²) in [6.45, 7) is -0.110. The van der Waals surface area contributed by atoms with Crippen molar-refractivity contribution in [2.45, 2.75) is 44.1 Å². The Kier molecular flexibility index (Phi) is 2.77. The van der Waals surface area contributed by atoms with Gasteiger partial charge in [0.15, 0.2) is 0 Å². The molecule has 0 amide bonds. The van der Waals surface area contributed by atoms with E-state index < -0.39 is 6.16 Å². The van der Waals surface area contributed by atoms with Crippen LogP contribution >= 0.6 is 0 Å². The van der Waals surface area contributed by atoms with Gasteiger partial charge in [-0.3, -0.25) is 0 Å². The van der Waals surface area contributed by atoms with Crippen LogP contribution in [0.2, 0.25) is 0 Å². The minimum absolute atomic E-state index is 0.0329. The van der Waals surface area contributed by atoms with Crippen molar-refractivity contribution in [3.63, 3.8) is 0 Å². The van der Waals surface area contributed by atoms with Crippen LogP contribution in [0.1, 0.15) is 38.5 Å². The molecule has 4 rings (SSSR count). The van der Waals surface area contributed by atoms with E-state index in [9.17, 15) is 4.79 Å². The Morgan fingerprint density at radius 2 is 1.65 bits per heavy atom. The maximum atomic E-state index is 11.5. The van der Waals surface area contributed by atoms with Crippen molar-refractivity contribution in [1.82, 2.24) is 0 Å². The zero-order chi connectivity index (χ0) is 11.9. The molecule has 0 aromatic rings. The highest BCUT2D eigenvalue weighted by Crippen LogP contribution is 2.57. The minimum Gasteiger partial charge on any atom is -0.432 e. The summed E-state index contributed by atoms with van der Waals surface area (Å²) in [6, 6.07) is 0. The summed E-state index contributed by atoms with van der Waals surface area (Å²) >= 11 is 0. The van der Waals surface area contributed by atoms with Gasteiger partial charge in [-0.1, -0.05) is 0 Å². The van der Waals surface area contributed by atoms with Crippen molar-refractivity contribution in [1.29, 1.82) is 0 Å². The first-order valence-electron chi connectivity index (χ1n) is 6.66. The van der Waals surface area contributed by atoms with Crippen molar-refractivity contribution in [3.8, 4) is 0 Å². The summed E-state index contributed by atoms with van der Waals surface area (Å²) < 4.78 is 10.4. The number of hydrogen-bond donors (Lipinski definition) is 1. The molecule has 4 nitrogen and oxygen atoms in total. The summed E-state index contributed by atoms with van der Waals surface area (Å²) in [5, 5.41) is 8.61. The second-order valence-electron chi connectivity index (χ2n) is 6.02. The maximum Gasteiger partial charge on any atom is 0.508 e.